The molecule has 1 aromatic heterocycles. The number of carbonyl (C=O) groups is 1. The summed E-state index contributed by atoms with van der Waals surface area (Å²) in [7, 11) is 0. The Morgan fingerprint density at radius 1 is 1.11 bits per heavy atom. The van der Waals surface area contributed by atoms with Crippen LogP contribution in [-0.2, 0) is 0 Å². The smallest absolute Gasteiger partial charge is 0.267 e. The van der Waals surface area contributed by atoms with Gasteiger partial charge in [-0.3, -0.25) is 9.78 Å². The Hall–Kier alpha value is -2.49. The molecule has 1 N–H and O–H groups in total. The highest BCUT2D eigenvalue weighted by atomic mass is 16.2. The van der Waals surface area contributed by atoms with Gasteiger partial charge in [-0.05, 0) is 25.1 Å². The molecule has 1 aromatic carbocycles. The molecule has 0 radical (unpaired) electrons. The third kappa shape index (κ3) is 3.01. The minimum absolute atomic E-state index is 0.223. The lowest BCUT2D eigenvalue weighted by molar-refractivity contribution is 0.0955. The maximum Gasteiger partial charge on any atom is 0.271 e. The number of carbonyl (C=O) groups excluding carboxylic acids is 1. The summed E-state index contributed by atoms with van der Waals surface area (Å²) in [6.45, 7) is 1.82. The van der Waals surface area contributed by atoms with Crippen molar-refractivity contribution >= 4 is 11.6 Å². The largest absolute Gasteiger partial charge is 0.271 e. The molecule has 90 valence electrons. The van der Waals surface area contributed by atoms with Crippen molar-refractivity contribution < 1.29 is 4.79 Å². The molecule has 1 amide bonds. The van der Waals surface area contributed by atoms with Crippen LogP contribution in [-0.4, -0.2) is 16.6 Å². The van der Waals surface area contributed by atoms with Crippen LogP contribution in [0.5, 0.6) is 0 Å². The number of hydrogen-bond donors (Lipinski definition) is 1. The Kier molecular flexibility index (Phi) is 3.81. The van der Waals surface area contributed by atoms with Crippen molar-refractivity contribution in [2.75, 3.05) is 0 Å². The molecule has 0 unspecified atom stereocenters. The lowest BCUT2D eigenvalue weighted by atomic mass is 10.2. The van der Waals surface area contributed by atoms with Gasteiger partial charge < -0.3 is 0 Å². The van der Waals surface area contributed by atoms with Crippen molar-refractivity contribution in [2.45, 2.75) is 6.92 Å². The van der Waals surface area contributed by atoms with E-state index in [2.05, 4.69) is 15.5 Å². The predicted molar refractivity (Wildman–Crippen MR) is 70.4 cm³/mol. The van der Waals surface area contributed by atoms with Gasteiger partial charge in [-0.15, -0.1) is 0 Å². The van der Waals surface area contributed by atoms with Gasteiger partial charge in [-0.1, -0.05) is 24.3 Å². The molecule has 0 fully saturated rings. The maximum absolute atomic E-state index is 11.7. The van der Waals surface area contributed by atoms with Crippen LogP contribution in [0.4, 0.5) is 0 Å². The highest BCUT2D eigenvalue weighted by Gasteiger charge is 2.03. The molecular weight excluding hydrogens is 226 g/mol. The molecule has 4 nitrogen and oxygen atoms in total. The van der Waals surface area contributed by atoms with E-state index in [0.717, 1.165) is 5.56 Å². The summed E-state index contributed by atoms with van der Waals surface area (Å²) in [5.41, 5.74) is 4.70. The van der Waals surface area contributed by atoms with E-state index < -0.39 is 0 Å². The van der Waals surface area contributed by atoms with Crippen LogP contribution in [0, 0.1) is 0 Å². The second-order valence-electron chi connectivity index (χ2n) is 3.75. The normalized spacial score (nSPS) is 11.1. The van der Waals surface area contributed by atoms with E-state index in [1.165, 1.54) is 0 Å². The summed E-state index contributed by atoms with van der Waals surface area (Å²) >= 11 is 0. The van der Waals surface area contributed by atoms with Gasteiger partial charge in [-0.2, -0.15) is 5.10 Å². The topological polar surface area (TPSA) is 54.4 Å². The molecule has 0 aliphatic heterocycles. The van der Waals surface area contributed by atoms with E-state index in [9.17, 15) is 4.79 Å². The number of hydrogen-bond acceptors (Lipinski definition) is 3. The van der Waals surface area contributed by atoms with Crippen LogP contribution >= 0.6 is 0 Å². The molecule has 0 aliphatic rings. The summed E-state index contributed by atoms with van der Waals surface area (Å²) in [5, 5.41) is 4.05. The fraction of sp³-hybridized carbons (Fsp3) is 0.0714. The average Bonchev–Trinajstić information content (AvgIpc) is 2.46. The van der Waals surface area contributed by atoms with Crippen molar-refractivity contribution in [2.24, 2.45) is 5.10 Å². The molecule has 4 heteroatoms. The van der Waals surface area contributed by atoms with Gasteiger partial charge >= 0.3 is 0 Å². The first-order valence-electron chi connectivity index (χ1n) is 5.57. The first-order chi connectivity index (χ1) is 8.77. The van der Waals surface area contributed by atoms with Crippen LogP contribution in [0.25, 0.3) is 0 Å². The molecule has 0 bridgehead atoms. The van der Waals surface area contributed by atoms with Gasteiger partial charge in [0.15, 0.2) is 0 Å². The number of pyridine rings is 1. The molecular formula is C14H13N3O. The predicted octanol–water partition coefficient (Wildman–Crippen LogP) is 2.24. The van der Waals surface area contributed by atoms with Crippen molar-refractivity contribution in [1.29, 1.82) is 0 Å². The molecule has 0 saturated heterocycles. The monoisotopic (exact) mass is 239 g/mol. The molecule has 2 aromatic rings. The van der Waals surface area contributed by atoms with E-state index in [1.807, 2.05) is 37.3 Å². The fourth-order valence-electron chi connectivity index (χ4n) is 1.43. The lowest BCUT2D eigenvalue weighted by Gasteiger charge is -2.02. The van der Waals surface area contributed by atoms with Crippen LogP contribution in [0.2, 0.25) is 0 Å². The van der Waals surface area contributed by atoms with Crippen molar-refractivity contribution in [1.82, 2.24) is 10.4 Å². The number of aromatic nitrogens is 1. The van der Waals surface area contributed by atoms with Gasteiger partial charge in [0.25, 0.3) is 5.91 Å². The molecule has 2 rings (SSSR count). The first-order valence-corrected chi connectivity index (χ1v) is 5.57. The van der Waals surface area contributed by atoms with E-state index in [-0.39, 0.29) is 5.91 Å². The van der Waals surface area contributed by atoms with Gasteiger partial charge in [0, 0.05) is 23.5 Å². The number of benzene rings is 1. The second kappa shape index (κ2) is 5.72. The zero-order valence-corrected chi connectivity index (χ0v) is 10.00. The molecule has 1 heterocycles. The van der Waals surface area contributed by atoms with Crippen LogP contribution in [0.15, 0.2) is 60.0 Å². The van der Waals surface area contributed by atoms with E-state index in [1.54, 1.807) is 24.5 Å². The number of nitrogens with one attached hydrogen (secondary N) is 1. The van der Waals surface area contributed by atoms with Crippen LogP contribution in [0.3, 0.4) is 0 Å². The SMILES string of the molecule is C/C(=N/NC(=O)c1ccccc1)c1cccnc1. The average molecular weight is 239 g/mol. The number of hydrazone groups is 1. The lowest BCUT2D eigenvalue weighted by Crippen LogP contribution is -2.19. The van der Waals surface area contributed by atoms with Gasteiger partial charge in [0.1, 0.15) is 0 Å². The standard InChI is InChI=1S/C14H13N3O/c1-11(13-8-5-9-15-10-13)16-17-14(18)12-6-3-2-4-7-12/h2-10H,1H3,(H,17,18)/b16-11-. The van der Waals surface area contributed by atoms with Crippen LogP contribution in [0.1, 0.15) is 22.8 Å². The van der Waals surface area contributed by atoms with Crippen molar-refractivity contribution in [3.63, 3.8) is 0 Å². The molecule has 0 atom stereocenters. The Morgan fingerprint density at radius 2 is 1.83 bits per heavy atom. The summed E-state index contributed by atoms with van der Waals surface area (Å²) in [4.78, 5) is 15.7. The Morgan fingerprint density at radius 3 is 2.50 bits per heavy atom. The van der Waals surface area contributed by atoms with Crippen molar-refractivity contribution in [3.05, 3.63) is 66.0 Å². The zero-order valence-electron chi connectivity index (χ0n) is 10.00. The molecule has 18 heavy (non-hydrogen) atoms. The third-order valence-corrected chi connectivity index (χ3v) is 2.44. The molecule has 0 saturated carbocycles. The minimum atomic E-state index is -0.223. The quantitative estimate of drug-likeness (QED) is 0.659. The van der Waals surface area contributed by atoms with Gasteiger partial charge in [0.05, 0.1) is 5.71 Å². The van der Waals surface area contributed by atoms with E-state index in [0.29, 0.717) is 11.3 Å². The highest BCUT2D eigenvalue weighted by Crippen LogP contribution is 2.00. The second-order valence-corrected chi connectivity index (χ2v) is 3.75. The minimum Gasteiger partial charge on any atom is -0.267 e. The van der Waals surface area contributed by atoms with Gasteiger partial charge in [0.2, 0.25) is 0 Å². The first kappa shape index (κ1) is 12.0. The third-order valence-electron chi connectivity index (χ3n) is 2.44. The zero-order chi connectivity index (χ0) is 12.8. The van der Waals surface area contributed by atoms with E-state index in [4.69, 9.17) is 0 Å². The Bertz CT molecular complexity index is 550. The van der Waals surface area contributed by atoms with Gasteiger partial charge in [-0.25, -0.2) is 5.43 Å². The number of nitrogens with zero attached hydrogens (tertiary/aromatic N) is 2. The molecule has 0 spiro atoms. The number of rotatable bonds is 3. The van der Waals surface area contributed by atoms with E-state index >= 15 is 0 Å². The maximum atomic E-state index is 11.7. The number of amides is 1. The fourth-order valence-corrected chi connectivity index (χ4v) is 1.43. The summed E-state index contributed by atoms with van der Waals surface area (Å²) in [6.07, 6.45) is 3.40. The van der Waals surface area contributed by atoms with Crippen molar-refractivity contribution in [3.8, 4) is 0 Å². The Balaban J connectivity index is 2.05. The Labute approximate surface area is 105 Å². The summed E-state index contributed by atoms with van der Waals surface area (Å²) in [5.74, 6) is -0.223. The summed E-state index contributed by atoms with van der Waals surface area (Å²) < 4.78 is 0. The highest BCUT2D eigenvalue weighted by molar-refractivity contribution is 6.00. The van der Waals surface area contributed by atoms with Crippen LogP contribution < -0.4 is 5.43 Å². The molecule has 0 aliphatic carbocycles. The summed E-state index contributed by atoms with van der Waals surface area (Å²) in [6, 6.07) is 12.7.